The molecule has 1 aromatic rings. The Bertz CT molecular complexity index is 371. The summed E-state index contributed by atoms with van der Waals surface area (Å²) in [7, 11) is 0. The molecule has 2 atom stereocenters. The van der Waals surface area contributed by atoms with Gasteiger partial charge in [-0.2, -0.15) is 4.98 Å². The Kier molecular flexibility index (Phi) is 4.38. The van der Waals surface area contributed by atoms with Crippen molar-refractivity contribution < 1.29 is 4.52 Å². The van der Waals surface area contributed by atoms with E-state index in [1.807, 2.05) is 0 Å². The molecule has 0 saturated heterocycles. The van der Waals surface area contributed by atoms with Crippen molar-refractivity contribution in [3.05, 3.63) is 11.7 Å². The largest absolute Gasteiger partial charge is 0.339 e. The van der Waals surface area contributed by atoms with Crippen molar-refractivity contribution in [1.82, 2.24) is 15.5 Å². The quantitative estimate of drug-likeness (QED) is 0.809. The Morgan fingerprint density at radius 2 is 2.06 bits per heavy atom. The van der Waals surface area contributed by atoms with Gasteiger partial charge in [0.15, 0.2) is 5.82 Å². The lowest BCUT2D eigenvalue weighted by atomic mass is 9.89. The van der Waals surface area contributed by atoms with Gasteiger partial charge in [0.2, 0.25) is 5.89 Å². The zero-order valence-corrected chi connectivity index (χ0v) is 11.9. The molecule has 0 radical (unpaired) electrons. The van der Waals surface area contributed by atoms with Gasteiger partial charge < -0.3 is 9.84 Å². The van der Waals surface area contributed by atoms with Gasteiger partial charge in [-0.3, -0.25) is 0 Å². The van der Waals surface area contributed by atoms with E-state index in [9.17, 15) is 0 Å². The van der Waals surface area contributed by atoms with Gasteiger partial charge in [0, 0.05) is 12.5 Å². The van der Waals surface area contributed by atoms with Crippen LogP contribution >= 0.6 is 0 Å². The number of likely N-dealkylation sites (N-methyl/N-ethyl adjacent to an activating group) is 1. The van der Waals surface area contributed by atoms with Crippen molar-refractivity contribution in [2.75, 3.05) is 6.54 Å². The first-order chi connectivity index (χ1) is 8.61. The van der Waals surface area contributed by atoms with Crippen LogP contribution in [0.3, 0.4) is 0 Å². The van der Waals surface area contributed by atoms with Gasteiger partial charge >= 0.3 is 0 Å². The molecule has 0 aliphatic heterocycles. The third kappa shape index (κ3) is 3.31. The maximum absolute atomic E-state index is 5.48. The monoisotopic (exact) mass is 251 g/mol. The zero-order valence-electron chi connectivity index (χ0n) is 11.9. The molecule has 102 valence electrons. The standard InChI is InChI=1S/C14H25N3O/c1-5-15-10(4)13(9(2)3)14-16-12(17-18-14)8-11-6-7-11/h9-11,13,15H,5-8H2,1-4H3. The maximum Gasteiger partial charge on any atom is 0.231 e. The Labute approximate surface area is 110 Å². The summed E-state index contributed by atoms with van der Waals surface area (Å²) in [6.07, 6.45) is 3.64. The second-order valence-electron chi connectivity index (χ2n) is 5.81. The highest BCUT2D eigenvalue weighted by molar-refractivity contribution is 5.01. The molecule has 0 spiro atoms. The van der Waals surface area contributed by atoms with E-state index >= 15 is 0 Å². The van der Waals surface area contributed by atoms with Crippen LogP contribution in [0.15, 0.2) is 4.52 Å². The number of hydrogen-bond donors (Lipinski definition) is 1. The normalized spacial score (nSPS) is 19.2. The Morgan fingerprint density at radius 1 is 1.33 bits per heavy atom. The first kappa shape index (κ1) is 13.5. The fraction of sp³-hybridized carbons (Fsp3) is 0.857. The SMILES string of the molecule is CCNC(C)C(c1nc(CC2CC2)no1)C(C)C. The lowest BCUT2D eigenvalue weighted by Gasteiger charge is -2.24. The Morgan fingerprint density at radius 3 is 2.61 bits per heavy atom. The third-order valence-electron chi connectivity index (χ3n) is 3.72. The first-order valence-electron chi connectivity index (χ1n) is 7.17. The second kappa shape index (κ2) is 5.83. The van der Waals surface area contributed by atoms with Gasteiger partial charge in [-0.25, -0.2) is 0 Å². The molecule has 2 unspecified atom stereocenters. The number of nitrogens with one attached hydrogen (secondary N) is 1. The van der Waals surface area contributed by atoms with Crippen LogP contribution in [-0.4, -0.2) is 22.7 Å². The summed E-state index contributed by atoms with van der Waals surface area (Å²) >= 11 is 0. The van der Waals surface area contributed by atoms with Gasteiger partial charge in [0.1, 0.15) is 0 Å². The molecule has 0 amide bonds. The molecule has 1 aliphatic carbocycles. The van der Waals surface area contributed by atoms with E-state index in [0.717, 1.165) is 30.6 Å². The van der Waals surface area contributed by atoms with E-state index in [1.165, 1.54) is 12.8 Å². The summed E-state index contributed by atoms with van der Waals surface area (Å²) in [4.78, 5) is 4.60. The molecular formula is C14H25N3O. The molecule has 0 bridgehead atoms. The van der Waals surface area contributed by atoms with Crippen LogP contribution in [0.4, 0.5) is 0 Å². The minimum absolute atomic E-state index is 0.297. The van der Waals surface area contributed by atoms with E-state index < -0.39 is 0 Å². The van der Waals surface area contributed by atoms with Gasteiger partial charge in [-0.1, -0.05) is 25.9 Å². The fourth-order valence-corrected chi connectivity index (χ4v) is 2.59. The molecule has 1 heterocycles. The summed E-state index contributed by atoms with van der Waals surface area (Å²) in [6, 6.07) is 0.365. The highest BCUT2D eigenvalue weighted by atomic mass is 16.5. The van der Waals surface area contributed by atoms with Crippen molar-refractivity contribution in [3.8, 4) is 0 Å². The lowest BCUT2D eigenvalue weighted by molar-refractivity contribution is 0.280. The molecule has 4 heteroatoms. The summed E-state index contributed by atoms with van der Waals surface area (Å²) in [5, 5.41) is 7.59. The van der Waals surface area contributed by atoms with Gasteiger partial charge in [0.25, 0.3) is 0 Å². The van der Waals surface area contributed by atoms with Gasteiger partial charge in [-0.15, -0.1) is 0 Å². The Balaban J connectivity index is 2.06. The summed E-state index contributed by atoms with van der Waals surface area (Å²) < 4.78 is 5.48. The van der Waals surface area contributed by atoms with Crippen LogP contribution in [0.2, 0.25) is 0 Å². The number of rotatable bonds is 7. The summed E-state index contributed by atoms with van der Waals surface area (Å²) in [6.45, 7) is 9.71. The topological polar surface area (TPSA) is 51.0 Å². The molecule has 18 heavy (non-hydrogen) atoms. The molecule has 1 N–H and O–H groups in total. The predicted molar refractivity (Wildman–Crippen MR) is 71.4 cm³/mol. The predicted octanol–water partition coefficient (Wildman–Crippen LogP) is 2.76. The highest BCUT2D eigenvalue weighted by Crippen LogP contribution is 2.33. The van der Waals surface area contributed by atoms with Crippen LogP contribution in [-0.2, 0) is 6.42 Å². The van der Waals surface area contributed by atoms with E-state index in [-0.39, 0.29) is 0 Å². The molecular weight excluding hydrogens is 226 g/mol. The average molecular weight is 251 g/mol. The minimum atomic E-state index is 0.297. The number of hydrogen-bond acceptors (Lipinski definition) is 4. The number of nitrogens with zero attached hydrogens (tertiary/aromatic N) is 2. The van der Waals surface area contributed by atoms with Crippen molar-refractivity contribution in [3.63, 3.8) is 0 Å². The first-order valence-corrected chi connectivity index (χ1v) is 7.17. The fourth-order valence-electron chi connectivity index (χ4n) is 2.59. The average Bonchev–Trinajstić information content (AvgIpc) is 2.98. The third-order valence-corrected chi connectivity index (χ3v) is 3.72. The van der Waals surface area contributed by atoms with Crippen LogP contribution in [0.1, 0.15) is 58.2 Å². The second-order valence-corrected chi connectivity index (χ2v) is 5.81. The molecule has 1 saturated carbocycles. The van der Waals surface area contributed by atoms with Crippen molar-refractivity contribution in [2.24, 2.45) is 11.8 Å². The van der Waals surface area contributed by atoms with Gasteiger partial charge in [0.05, 0.1) is 5.92 Å². The van der Waals surface area contributed by atoms with Crippen LogP contribution < -0.4 is 5.32 Å². The molecule has 4 nitrogen and oxygen atoms in total. The molecule has 1 aromatic heterocycles. The minimum Gasteiger partial charge on any atom is -0.339 e. The highest BCUT2D eigenvalue weighted by Gasteiger charge is 2.29. The van der Waals surface area contributed by atoms with E-state index in [2.05, 4.69) is 43.2 Å². The van der Waals surface area contributed by atoms with Gasteiger partial charge in [-0.05, 0) is 38.1 Å². The van der Waals surface area contributed by atoms with Crippen LogP contribution in [0, 0.1) is 11.8 Å². The summed E-state index contributed by atoms with van der Waals surface area (Å²) in [5.41, 5.74) is 0. The molecule has 0 aromatic carbocycles. The van der Waals surface area contributed by atoms with E-state index in [4.69, 9.17) is 4.52 Å². The Hall–Kier alpha value is -0.900. The number of aromatic nitrogens is 2. The zero-order chi connectivity index (χ0) is 13.1. The van der Waals surface area contributed by atoms with Crippen molar-refractivity contribution >= 4 is 0 Å². The summed E-state index contributed by atoms with van der Waals surface area (Å²) in [5.74, 6) is 3.29. The molecule has 1 fully saturated rings. The molecule has 2 rings (SSSR count). The van der Waals surface area contributed by atoms with Crippen LogP contribution in [0.25, 0.3) is 0 Å². The van der Waals surface area contributed by atoms with Crippen molar-refractivity contribution in [2.45, 2.75) is 58.9 Å². The van der Waals surface area contributed by atoms with Crippen molar-refractivity contribution in [1.29, 1.82) is 0 Å². The maximum atomic E-state index is 5.48. The smallest absolute Gasteiger partial charge is 0.231 e. The van der Waals surface area contributed by atoms with Crippen LogP contribution in [0.5, 0.6) is 0 Å². The molecule has 1 aliphatic rings. The van der Waals surface area contributed by atoms with E-state index in [1.54, 1.807) is 0 Å². The lowest BCUT2D eigenvalue weighted by Crippen LogP contribution is -2.34. The van der Waals surface area contributed by atoms with E-state index in [0.29, 0.717) is 17.9 Å².